The first-order chi connectivity index (χ1) is 18.2. The van der Waals surface area contributed by atoms with Gasteiger partial charge < -0.3 is 14.8 Å². The van der Waals surface area contributed by atoms with Crippen LogP contribution in [0.5, 0.6) is 5.75 Å². The van der Waals surface area contributed by atoms with E-state index in [0.717, 1.165) is 29.1 Å². The number of carbonyl (C=O) groups is 1. The van der Waals surface area contributed by atoms with Crippen LogP contribution in [-0.2, 0) is 4.74 Å². The van der Waals surface area contributed by atoms with Gasteiger partial charge in [0.25, 0.3) is 0 Å². The van der Waals surface area contributed by atoms with Gasteiger partial charge in [-0.3, -0.25) is 26.2 Å². The zero-order valence-electron chi connectivity index (χ0n) is 22.4. The number of rotatable bonds is 9. The van der Waals surface area contributed by atoms with E-state index in [1.165, 1.54) is 17.8 Å². The molecule has 0 saturated carbocycles. The average molecular weight is 779 g/mol. The number of nitrogens with one attached hydrogen (secondary N) is 1. The van der Waals surface area contributed by atoms with Crippen LogP contribution in [0.3, 0.4) is 0 Å². The van der Waals surface area contributed by atoms with Crippen LogP contribution in [0.25, 0.3) is 11.1 Å². The van der Waals surface area contributed by atoms with Gasteiger partial charge in [-0.2, -0.15) is 32.9 Å². The number of hydrogen-bond donors (Lipinski definition) is 1. The van der Waals surface area contributed by atoms with E-state index in [2.05, 4.69) is 51.5 Å². The van der Waals surface area contributed by atoms with Crippen LogP contribution in [0.4, 0.5) is 13.9 Å². The van der Waals surface area contributed by atoms with Crippen molar-refractivity contribution in [1.82, 2.24) is 15.2 Å². The van der Waals surface area contributed by atoms with E-state index in [1.54, 1.807) is 38.3 Å². The van der Waals surface area contributed by atoms with Crippen molar-refractivity contribution < 1.29 is 54.2 Å². The molecule has 0 bridgehead atoms. The van der Waals surface area contributed by atoms with Crippen LogP contribution in [0.2, 0.25) is 0 Å². The quantitative estimate of drug-likeness (QED) is 0.141. The minimum Gasteiger partial charge on any atom is -0.498 e. The third kappa shape index (κ3) is 11.0. The Bertz CT molecular complexity index is 1300. The standard InChI is InChI=1S/C16H11F2N4O2S.C12H19O.U/c1-9-6-11(10-4-2-3-5-13(10)24-15(17)18)12(7-19-9)14(23)21-16-22-20-8-25-16;1-6-10(3)11(4)8-9-12(7-2)13-5;/h2-7,15H,1H3,(H,21,22,23);7-9H,4,6H2,1-3,5H3;/q2*-1;+2/b;9-8-,11-10?,12-7+;. The van der Waals surface area contributed by atoms with Gasteiger partial charge in [-0.15, -0.1) is 0 Å². The maximum Gasteiger partial charge on any atom is 2.00 e. The van der Waals surface area contributed by atoms with Crippen LogP contribution in [0.1, 0.15) is 43.2 Å². The first kappa shape index (κ1) is 34.0. The molecule has 0 aliphatic rings. The summed E-state index contributed by atoms with van der Waals surface area (Å²) < 4.78 is 35.0. The first-order valence-corrected chi connectivity index (χ1v) is 12.4. The van der Waals surface area contributed by atoms with Gasteiger partial charge in [0.15, 0.2) is 0 Å². The molecular formula is C28H30F2N4O3SU. The van der Waals surface area contributed by atoms with Gasteiger partial charge in [0.05, 0.1) is 17.8 Å². The molecule has 0 spiro atoms. The molecule has 1 N–H and O–H groups in total. The van der Waals surface area contributed by atoms with E-state index < -0.39 is 12.5 Å². The molecule has 0 saturated heterocycles. The van der Waals surface area contributed by atoms with Crippen LogP contribution >= 0.6 is 11.3 Å². The number of benzene rings is 1. The maximum absolute atomic E-state index is 12.7. The number of amides is 1. The zero-order valence-corrected chi connectivity index (χ0v) is 27.4. The van der Waals surface area contributed by atoms with Crippen molar-refractivity contribution in [1.29, 1.82) is 0 Å². The Morgan fingerprint density at radius 3 is 2.56 bits per heavy atom. The predicted molar refractivity (Wildman–Crippen MR) is 146 cm³/mol. The third-order valence-corrected chi connectivity index (χ3v) is 5.82. The Morgan fingerprint density at radius 2 is 1.97 bits per heavy atom. The summed E-state index contributed by atoms with van der Waals surface area (Å²) in [7, 11) is 1.67. The fourth-order valence-electron chi connectivity index (χ4n) is 3.05. The van der Waals surface area contributed by atoms with Gasteiger partial charge in [-0.05, 0) is 32.1 Å². The Balaban J connectivity index is 0.000000466. The smallest absolute Gasteiger partial charge is 0.498 e. The van der Waals surface area contributed by atoms with Crippen LogP contribution in [0, 0.1) is 50.5 Å². The monoisotopic (exact) mass is 778 g/mol. The molecule has 2 heterocycles. The van der Waals surface area contributed by atoms with E-state index in [0.29, 0.717) is 16.8 Å². The number of halogens is 2. The topological polar surface area (TPSA) is 86.2 Å². The minimum atomic E-state index is -2.97. The maximum atomic E-state index is 12.7. The molecule has 2 aromatic heterocycles. The number of anilines is 1. The second-order valence-electron chi connectivity index (χ2n) is 7.79. The number of aryl methyl sites for hydroxylation is 1. The summed E-state index contributed by atoms with van der Waals surface area (Å²) in [6.45, 7) is 8.89. The fourth-order valence-corrected chi connectivity index (χ4v) is 3.44. The van der Waals surface area contributed by atoms with Gasteiger partial charge in [-0.25, -0.2) is 5.10 Å². The van der Waals surface area contributed by atoms with Crippen molar-refractivity contribution in [2.24, 2.45) is 0 Å². The molecule has 7 nitrogen and oxygen atoms in total. The number of para-hydroxylation sites is 1. The summed E-state index contributed by atoms with van der Waals surface area (Å²) >= 11 is 1.04. The second kappa shape index (κ2) is 17.6. The minimum absolute atomic E-state index is 0. The largest absolute Gasteiger partial charge is 2.00 e. The fraction of sp³-hybridized carbons (Fsp3) is 0.250. The Hall–Kier alpha value is -3.00. The van der Waals surface area contributed by atoms with Gasteiger partial charge in [0.2, 0.25) is 5.91 Å². The molecule has 11 heteroatoms. The van der Waals surface area contributed by atoms with Crippen LogP contribution in [-0.4, -0.2) is 34.8 Å². The third-order valence-electron chi connectivity index (χ3n) is 5.27. The molecule has 0 aliphatic carbocycles. The molecule has 204 valence electrons. The number of methoxy groups -OCH3 is 1. The molecule has 0 fully saturated rings. The molecular weight excluding hydrogens is 748 g/mol. The van der Waals surface area contributed by atoms with E-state index in [-0.39, 0.29) is 47.6 Å². The molecule has 3 rings (SSSR count). The predicted octanol–water partition coefficient (Wildman–Crippen LogP) is 7.22. The molecule has 0 unspecified atom stereocenters. The molecule has 0 radical (unpaired) electrons. The molecule has 1 aromatic carbocycles. The van der Waals surface area contributed by atoms with Crippen LogP contribution < -0.4 is 10.1 Å². The molecule has 0 aliphatic heterocycles. The number of alkyl halides is 2. The summed E-state index contributed by atoms with van der Waals surface area (Å²) in [6, 6.07) is 7.90. The number of aromatic nitrogens is 3. The Labute approximate surface area is 255 Å². The summed E-state index contributed by atoms with van der Waals surface area (Å²) in [6.07, 6.45) is 8.26. The second-order valence-corrected chi connectivity index (χ2v) is 8.56. The number of allylic oxidation sites excluding steroid dienone is 5. The summed E-state index contributed by atoms with van der Waals surface area (Å²) in [4.78, 5) is 16.7. The molecule has 0 atom stereocenters. The van der Waals surface area contributed by atoms with Crippen molar-refractivity contribution in [2.45, 2.75) is 40.7 Å². The number of hydrogen-bond acceptors (Lipinski definition) is 7. The molecule has 3 aromatic rings. The molecule has 39 heavy (non-hydrogen) atoms. The van der Waals surface area contributed by atoms with Crippen molar-refractivity contribution in [3.05, 3.63) is 95.4 Å². The van der Waals surface area contributed by atoms with Gasteiger partial charge in [0, 0.05) is 23.0 Å². The zero-order chi connectivity index (χ0) is 28.1. The normalized spacial score (nSPS) is 11.7. The Morgan fingerprint density at radius 1 is 1.26 bits per heavy atom. The Kier molecular flexibility index (Phi) is 15.3. The van der Waals surface area contributed by atoms with E-state index in [1.807, 2.05) is 25.2 Å². The van der Waals surface area contributed by atoms with Crippen molar-refractivity contribution in [3.63, 3.8) is 0 Å². The summed E-state index contributed by atoms with van der Waals surface area (Å²) in [5, 5.41) is 10.1. The average Bonchev–Trinajstić information content (AvgIpc) is 3.42. The molecule has 1 amide bonds. The number of pyridine rings is 1. The summed E-state index contributed by atoms with van der Waals surface area (Å²) in [5.74, 6) is 0.353. The summed E-state index contributed by atoms with van der Waals surface area (Å²) in [5.41, 5.74) is 6.51. The first-order valence-electron chi connectivity index (χ1n) is 11.6. The van der Waals surface area contributed by atoms with Gasteiger partial charge >= 0.3 is 37.7 Å². The van der Waals surface area contributed by atoms with E-state index in [9.17, 15) is 13.6 Å². The van der Waals surface area contributed by atoms with Crippen LogP contribution in [0.15, 0.2) is 71.7 Å². The van der Waals surface area contributed by atoms with Gasteiger partial charge in [-0.1, -0.05) is 50.1 Å². The number of ether oxygens (including phenoxy) is 2. The van der Waals surface area contributed by atoms with Gasteiger partial charge in [0.1, 0.15) is 11.5 Å². The van der Waals surface area contributed by atoms with Crippen molar-refractivity contribution in [3.8, 4) is 16.9 Å². The van der Waals surface area contributed by atoms with Crippen molar-refractivity contribution in [2.75, 3.05) is 12.4 Å². The van der Waals surface area contributed by atoms with E-state index >= 15 is 0 Å². The number of nitrogens with zero attached hydrogens (tertiary/aromatic N) is 3. The van der Waals surface area contributed by atoms with Crippen molar-refractivity contribution >= 4 is 22.4 Å². The van der Waals surface area contributed by atoms with E-state index in [4.69, 9.17) is 4.74 Å². The SMILES string of the molecule is Cc1cc(-c2ccccc2OC(F)F)c(C(=O)Nc2nn[c-]s2)cn1.[CH2-]C(/C=C\C(=C/C)OC)=C(C)CC.[U+2]. The number of carbonyl (C=O) groups excluding carboxylic acids is 1.